The molecule has 0 amide bonds. The van der Waals surface area contributed by atoms with Gasteiger partial charge in [-0.15, -0.1) is 0 Å². The summed E-state index contributed by atoms with van der Waals surface area (Å²) in [6, 6.07) is 8.75. The zero-order valence-electron chi connectivity index (χ0n) is 10.3. The van der Waals surface area contributed by atoms with Gasteiger partial charge in [-0.05, 0) is 42.5 Å². The van der Waals surface area contributed by atoms with Gasteiger partial charge in [-0.3, -0.25) is 0 Å². The maximum absolute atomic E-state index is 3.64. The number of nitrogens with one attached hydrogen (secondary N) is 1. The van der Waals surface area contributed by atoms with E-state index in [9.17, 15) is 0 Å². The summed E-state index contributed by atoms with van der Waals surface area (Å²) in [7, 11) is 0. The van der Waals surface area contributed by atoms with E-state index < -0.39 is 0 Å². The summed E-state index contributed by atoms with van der Waals surface area (Å²) in [5.41, 5.74) is 2.01. The summed E-state index contributed by atoms with van der Waals surface area (Å²) >= 11 is 3.49. The van der Waals surface area contributed by atoms with Gasteiger partial charge in [-0.2, -0.15) is 0 Å². The molecule has 1 heterocycles. The van der Waals surface area contributed by atoms with Crippen molar-refractivity contribution in [2.45, 2.75) is 39.2 Å². The van der Waals surface area contributed by atoms with E-state index >= 15 is 0 Å². The van der Waals surface area contributed by atoms with Crippen molar-refractivity contribution in [3.63, 3.8) is 0 Å². The molecular weight excluding hydrogens is 262 g/mol. The van der Waals surface area contributed by atoms with Crippen LogP contribution in [0.5, 0.6) is 0 Å². The van der Waals surface area contributed by atoms with Crippen molar-refractivity contribution in [2.75, 3.05) is 6.54 Å². The quantitative estimate of drug-likeness (QED) is 0.862. The Morgan fingerprint density at radius 2 is 1.81 bits per heavy atom. The number of rotatable bonds is 2. The Balaban J connectivity index is 2.24. The molecule has 1 aliphatic heterocycles. The molecule has 0 spiro atoms. The topological polar surface area (TPSA) is 12.0 Å². The van der Waals surface area contributed by atoms with E-state index in [0.29, 0.717) is 5.41 Å². The summed E-state index contributed by atoms with van der Waals surface area (Å²) in [5, 5.41) is 3.64. The van der Waals surface area contributed by atoms with E-state index in [1.807, 2.05) is 0 Å². The van der Waals surface area contributed by atoms with Crippen molar-refractivity contribution in [2.24, 2.45) is 5.41 Å². The standard InChI is InChI=1S/C14H20BrN/c1-13(2,3)10-14(8-9-16-14)11-4-6-12(15)7-5-11/h4-7,16H,8-10H2,1-3H3. The van der Waals surface area contributed by atoms with Crippen LogP contribution in [0.15, 0.2) is 28.7 Å². The summed E-state index contributed by atoms with van der Waals surface area (Å²) in [4.78, 5) is 0. The Bertz CT molecular complexity index is 357. The van der Waals surface area contributed by atoms with Crippen LogP contribution in [0.4, 0.5) is 0 Å². The first-order chi connectivity index (χ1) is 7.41. The molecule has 1 saturated heterocycles. The molecule has 1 fully saturated rings. The van der Waals surface area contributed by atoms with Crippen LogP contribution in [0.25, 0.3) is 0 Å². The predicted molar refractivity (Wildman–Crippen MR) is 72.5 cm³/mol. The van der Waals surface area contributed by atoms with Gasteiger partial charge in [0.15, 0.2) is 0 Å². The maximum Gasteiger partial charge on any atom is 0.0451 e. The van der Waals surface area contributed by atoms with E-state index in [1.165, 1.54) is 18.4 Å². The van der Waals surface area contributed by atoms with Crippen molar-refractivity contribution >= 4 is 15.9 Å². The van der Waals surface area contributed by atoms with Crippen LogP contribution >= 0.6 is 15.9 Å². The molecule has 88 valence electrons. The largest absolute Gasteiger partial charge is 0.307 e. The van der Waals surface area contributed by atoms with Crippen LogP contribution in [-0.2, 0) is 5.54 Å². The monoisotopic (exact) mass is 281 g/mol. The third kappa shape index (κ3) is 2.49. The minimum atomic E-state index is 0.221. The first kappa shape index (κ1) is 12.1. The molecule has 1 aromatic carbocycles. The van der Waals surface area contributed by atoms with Crippen LogP contribution in [0.2, 0.25) is 0 Å². The molecule has 0 radical (unpaired) electrons. The Morgan fingerprint density at radius 3 is 2.19 bits per heavy atom. The lowest BCUT2D eigenvalue weighted by molar-refractivity contribution is 0.132. The highest BCUT2D eigenvalue weighted by Crippen LogP contribution is 2.41. The Morgan fingerprint density at radius 1 is 1.25 bits per heavy atom. The minimum Gasteiger partial charge on any atom is -0.307 e. The van der Waals surface area contributed by atoms with Crippen LogP contribution in [0.1, 0.15) is 39.2 Å². The molecule has 2 rings (SSSR count). The second-order valence-electron chi connectivity index (χ2n) is 6.00. The first-order valence-corrected chi connectivity index (χ1v) is 6.72. The molecule has 0 bridgehead atoms. The highest BCUT2D eigenvalue weighted by molar-refractivity contribution is 9.10. The third-order valence-electron chi connectivity index (χ3n) is 3.24. The molecule has 0 saturated carbocycles. The van der Waals surface area contributed by atoms with Crippen LogP contribution in [0, 0.1) is 5.41 Å². The molecule has 1 unspecified atom stereocenters. The molecule has 1 aromatic rings. The van der Waals surface area contributed by atoms with Crippen molar-refractivity contribution < 1.29 is 0 Å². The highest BCUT2D eigenvalue weighted by Gasteiger charge is 2.40. The molecular formula is C14H20BrN. The van der Waals surface area contributed by atoms with Crippen molar-refractivity contribution in [1.29, 1.82) is 0 Å². The third-order valence-corrected chi connectivity index (χ3v) is 3.77. The molecule has 16 heavy (non-hydrogen) atoms. The Kier molecular flexibility index (Phi) is 3.15. The predicted octanol–water partition coefficient (Wildman–Crippen LogP) is 4.07. The molecule has 0 aromatic heterocycles. The zero-order chi connectivity index (χ0) is 11.8. The zero-order valence-corrected chi connectivity index (χ0v) is 11.9. The normalized spacial score (nSPS) is 25.2. The van der Waals surface area contributed by atoms with Crippen molar-refractivity contribution in [3.05, 3.63) is 34.3 Å². The second-order valence-corrected chi connectivity index (χ2v) is 6.92. The Hall–Kier alpha value is -0.340. The van der Waals surface area contributed by atoms with Gasteiger partial charge >= 0.3 is 0 Å². The molecule has 1 atom stereocenters. The van der Waals surface area contributed by atoms with E-state index in [0.717, 1.165) is 11.0 Å². The maximum atomic E-state index is 3.64. The van der Waals surface area contributed by atoms with E-state index in [-0.39, 0.29) is 5.54 Å². The fourth-order valence-corrected chi connectivity index (χ4v) is 2.86. The lowest BCUT2D eigenvalue weighted by Gasteiger charge is -2.47. The lowest BCUT2D eigenvalue weighted by Crippen LogP contribution is -2.55. The summed E-state index contributed by atoms with van der Waals surface area (Å²) in [6.07, 6.45) is 2.45. The molecule has 0 aliphatic carbocycles. The number of benzene rings is 1. The van der Waals surface area contributed by atoms with Gasteiger partial charge in [0.2, 0.25) is 0 Å². The fourth-order valence-electron chi connectivity index (χ4n) is 2.60. The lowest BCUT2D eigenvalue weighted by atomic mass is 9.70. The van der Waals surface area contributed by atoms with Gasteiger partial charge < -0.3 is 5.32 Å². The van der Waals surface area contributed by atoms with Gasteiger partial charge in [-0.25, -0.2) is 0 Å². The highest BCUT2D eigenvalue weighted by atomic mass is 79.9. The van der Waals surface area contributed by atoms with E-state index in [1.54, 1.807) is 0 Å². The molecule has 2 heteroatoms. The SMILES string of the molecule is CC(C)(C)CC1(c2ccc(Br)cc2)CCN1. The fraction of sp³-hybridized carbons (Fsp3) is 0.571. The summed E-state index contributed by atoms with van der Waals surface area (Å²) < 4.78 is 1.15. The van der Waals surface area contributed by atoms with Gasteiger partial charge in [-0.1, -0.05) is 48.8 Å². The van der Waals surface area contributed by atoms with Crippen LogP contribution in [0.3, 0.4) is 0 Å². The first-order valence-electron chi connectivity index (χ1n) is 5.92. The van der Waals surface area contributed by atoms with Gasteiger partial charge in [0.1, 0.15) is 0 Å². The molecule has 1 aliphatic rings. The van der Waals surface area contributed by atoms with Crippen molar-refractivity contribution in [1.82, 2.24) is 5.32 Å². The second kappa shape index (κ2) is 4.15. The van der Waals surface area contributed by atoms with E-state index in [4.69, 9.17) is 0 Å². The average Bonchev–Trinajstić information content (AvgIpc) is 2.11. The van der Waals surface area contributed by atoms with Crippen LogP contribution in [-0.4, -0.2) is 6.54 Å². The summed E-state index contributed by atoms with van der Waals surface area (Å²) in [6.45, 7) is 8.08. The molecule has 1 N–H and O–H groups in total. The smallest absolute Gasteiger partial charge is 0.0451 e. The number of halogens is 1. The number of hydrogen-bond acceptors (Lipinski definition) is 1. The van der Waals surface area contributed by atoms with E-state index in [2.05, 4.69) is 66.3 Å². The number of hydrogen-bond donors (Lipinski definition) is 1. The average molecular weight is 282 g/mol. The van der Waals surface area contributed by atoms with Gasteiger partial charge in [0.05, 0.1) is 0 Å². The van der Waals surface area contributed by atoms with Crippen molar-refractivity contribution in [3.8, 4) is 0 Å². The van der Waals surface area contributed by atoms with Crippen LogP contribution < -0.4 is 5.32 Å². The minimum absolute atomic E-state index is 0.221. The molecule has 1 nitrogen and oxygen atoms in total. The Labute approximate surface area is 107 Å². The van der Waals surface area contributed by atoms with Gasteiger partial charge in [0, 0.05) is 10.0 Å². The van der Waals surface area contributed by atoms with Gasteiger partial charge in [0.25, 0.3) is 0 Å². The summed E-state index contributed by atoms with van der Waals surface area (Å²) in [5.74, 6) is 0.